The quantitative estimate of drug-likeness (QED) is 0.859. The fraction of sp³-hybridized carbons (Fsp3) is 0.438. The first-order chi connectivity index (χ1) is 9.31. The molecule has 2 aromatic rings. The van der Waals surface area contributed by atoms with Gasteiger partial charge in [-0.3, -0.25) is 0 Å². The van der Waals surface area contributed by atoms with E-state index in [0.29, 0.717) is 6.04 Å². The van der Waals surface area contributed by atoms with Crippen LogP contribution in [0.25, 0.3) is 5.69 Å². The zero-order chi connectivity index (χ0) is 13.1. The smallest absolute Gasteiger partial charge is 0.0991 e. The molecule has 1 aliphatic carbocycles. The normalized spacial score (nSPS) is 16.5. The molecule has 0 radical (unpaired) electrons. The molecule has 1 fully saturated rings. The molecule has 1 aromatic carbocycles. The van der Waals surface area contributed by atoms with Gasteiger partial charge in [-0.05, 0) is 37.0 Å². The van der Waals surface area contributed by atoms with Gasteiger partial charge in [0.05, 0.1) is 6.33 Å². The number of aromatic nitrogens is 2. The summed E-state index contributed by atoms with van der Waals surface area (Å²) in [6, 6.07) is 9.29. The molecule has 1 aliphatic rings. The topological polar surface area (TPSA) is 29.9 Å². The molecule has 0 saturated heterocycles. The van der Waals surface area contributed by atoms with E-state index in [4.69, 9.17) is 0 Å². The molecular formula is C16H21N3. The molecule has 0 amide bonds. The second kappa shape index (κ2) is 5.57. The Bertz CT molecular complexity index is 497. The maximum absolute atomic E-state index is 4.06. The van der Waals surface area contributed by atoms with Gasteiger partial charge >= 0.3 is 0 Å². The van der Waals surface area contributed by atoms with Crippen molar-refractivity contribution in [3.63, 3.8) is 0 Å². The van der Waals surface area contributed by atoms with Crippen molar-refractivity contribution in [1.82, 2.24) is 14.9 Å². The van der Waals surface area contributed by atoms with E-state index in [1.54, 1.807) is 6.20 Å². The minimum absolute atomic E-state index is 0.626. The number of imidazole rings is 1. The zero-order valence-electron chi connectivity index (χ0n) is 11.4. The first-order valence-electron chi connectivity index (χ1n) is 7.12. The molecule has 0 aliphatic heterocycles. The number of benzene rings is 1. The van der Waals surface area contributed by atoms with Crippen LogP contribution in [-0.4, -0.2) is 15.6 Å². The van der Waals surface area contributed by atoms with Crippen LogP contribution in [0.5, 0.6) is 0 Å². The molecule has 1 saturated carbocycles. The number of hydrogen-bond acceptors (Lipinski definition) is 2. The first-order valence-corrected chi connectivity index (χ1v) is 7.12. The lowest BCUT2D eigenvalue weighted by Crippen LogP contribution is -2.25. The average molecular weight is 255 g/mol. The van der Waals surface area contributed by atoms with Gasteiger partial charge < -0.3 is 9.88 Å². The first kappa shape index (κ1) is 12.4. The number of hydrogen-bond donors (Lipinski definition) is 1. The summed E-state index contributed by atoms with van der Waals surface area (Å²) in [6.45, 7) is 3.25. The molecule has 100 valence electrons. The lowest BCUT2D eigenvalue weighted by Gasteiger charge is -2.13. The van der Waals surface area contributed by atoms with Crippen LogP contribution in [0.15, 0.2) is 43.0 Å². The summed E-state index contributed by atoms with van der Waals surface area (Å²) in [5, 5.41) is 3.61. The second-order valence-corrected chi connectivity index (χ2v) is 5.60. The Morgan fingerprint density at radius 1 is 1.32 bits per heavy atom. The van der Waals surface area contributed by atoms with Crippen molar-refractivity contribution >= 4 is 0 Å². The second-order valence-electron chi connectivity index (χ2n) is 5.60. The highest BCUT2D eigenvalue weighted by molar-refractivity contribution is 5.34. The lowest BCUT2D eigenvalue weighted by molar-refractivity contribution is 0.487. The Kier molecular flexibility index (Phi) is 3.65. The molecule has 0 spiro atoms. The predicted octanol–water partition coefficient (Wildman–Crippen LogP) is 3.15. The predicted molar refractivity (Wildman–Crippen MR) is 77.2 cm³/mol. The number of rotatable bonds is 6. The maximum Gasteiger partial charge on any atom is 0.0991 e. The van der Waals surface area contributed by atoms with E-state index in [0.717, 1.165) is 18.2 Å². The summed E-state index contributed by atoms with van der Waals surface area (Å²) in [4.78, 5) is 4.06. The van der Waals surface area contributed by atoms with Crippen LogP contribution in [0, 0.1) is 5.92 Å². The summed E-state index contributed by atoms with van der Waals surface area (Å²) >= 11 is 0. The van der Waals surface area contributed by atoms with Crippen LogP contribution in [-0.2, 0) is 6.54 Å². The van der Waals surface area contributed by atoms with E-state index in [1.807, 2.05) is 17.1 Å². The van der Waals surface area contributed by atoms with Crippen molar-refractivity contribution in [3.05, 3.63) is 48.5 Å². The fourth-order valence-electron chi connectivity index (χ4n) is 2.43. The third-order valence-corrected chi connectivity index (χ3v) is 3.78. The van der Waals surface area contributed by atoms with Crippen LogP contribution in [0.4, 0.5) is 0 Å². The summed E-state index contributed by atoms with van der Waals surface area (Å²) in [5.74, 6) is 0.992. The van der Waals surface area contributed by atoms with E-state index in [9.17, 15) is 0 Å². The Labute approximate surface area is 114 Å². The van der Waals surface area contributed by atoms with Crippen molar-refractivity contribution < 1.29 is 0 Å². The van der Waals surface area contributed by atoms with Gasteiger partial charge in [0, 0.05) is 30.7 Å². The van der Waals surface area contributed by atoms with Gasteiger partial charge in [0.25, 0.3) is 0 Å². The van der Waals surface area contributed by atoms with Gasteiger partial charge in [-0.2, -0.15) is 0 Å². The molecule has 0 bridgehead atoms. The Morgan fingerprint density at radius 2 is 2.11 bits per heavy atom. The monoisotopic (exact) mass is 255 g/mol. The molecule has 3 nitrogen and oxygen atoms in total. The molecule has 3 heteroatoms. The van der Waals surface area contributed by atoms with E-state index in [-0.39, 0.29) is 0 Å². The highest BCUT2D eigenvalue weighted by Crippen LogP contribution is 2.33. The van der Waals surface area contributed by atoms with E-state index >= 15 is 0 Å². The molecule has 1 N–H and O–H groups in total. The summed E-state index contributed by atoms with van der Waals surface area (Å²) in [5.41, 5.74) is 2.50. The zero-order valence-corrected chi connectivity index (χ0v) is 11.4. The SMILES string of the molecule is CC(CC1CC1)NCc1ccc(-n2ccnc2)cc1. The molecule has 1 aromatic heterocycles. The number of nitrogens with zero attached hydrogens (tertiary/aromatic N) is 2. The van der Waals surface area contributed by atoms with Crippen LogP contribution in [0.2, 0.25) is 0 Å². The van der Waals surface area contributed by atoms with Gasteiger partial charge in [0.15, 0.2) is 0 Å². The molecule has 1 heterocycles. The summed E-state index contributed by atoms with van der Waals surface area (Å²) in [6.07, 6.45) is 9.79. The van der Waals surface area contributed by atoms with Crippen molar-refractivity contribution in [3.8, 4) is 5.69 Å². The molecule has 1 unspecified atom stereocenters. The van der Waals surface area contributed by atoms with Crippen molar-refractivity contribution in [2.75, 3.05) is 0 Å². The average Bonchev–Trinajstić information content (AvgIpc) is 3.07. The Balaban J connectivity index is 1.53. The van der Waals surface area contributed by atoms with Crippen LogP contribution >= 0.6 is 0 Å². The number of nitrogens with one attached hydrogen (secondary N) is 1. The van der Waals surface area contributed by atoms with Gasteiger partial charge in [-0.1, -0.05) is 25.0 Å². The molecule has 3 rings (SSSR count). The van der Waals surface area contributed by atoms with Crippen LogP contribution in [0.1, 0.15) is 31.7 Å². The third kappa shape index (κ3) is 3.44. The largest absolute Gasteiger partial charge is 0.310 e. The van der Waals surface area contributed by atoms with Gasteiger partial charge in [0.2, 0.25) is 0 Å². The lowest BCUT2D eigenvalue weighted by atomic mass is 10.1. The van der Waals surface area contributed by atoms with Gasteiger partial charge in [-0.25, -0.2) is 4.98 Å². The third-order valence-electron chi connectivity index (χ3n) is 3.78. The fourth-order valence-corrected chi connectivity index (χ4v) is 2.43. The highest BCUT2D eigenvalue weighted by Gasteiger charge is 2.23. The molecular weight excluding hydrogens is 234 g/mol. The summed E-state index contributed by atoms with van der Waals surface area (Å²) in [7, 11) is 0. The Morgan fingerprint density at radius 3 is 2.74 bits per heavy atom. The van der Waals surface area contributed by atoms with E-state index < -0.39 is 0 Å². The summed E-state index contributed by atoms with van der Waals surface area (Å²) < 4.78 is 2.02. The van der Waals surface area contributed by atoms with Gasteiger partial charge in [0.1, 0.15) is 0 Å². The van der Waals surface area contributed by atoms with Crippen LogP contribution in [0.3, 0.4) is 0 Å². The van der Waals surface area contributed by atoms with Crippen LogP contribution < -0.4 is 5.32 Å². The maximum atomic E-state index is 4.06. The van der Waals surface area contributed by atoms with E-state index in [2.05, 4.69) is 41.5 Å². The Hall–Kier alpha value is -1.61. The van der Waals surface area contributed by atoms with Gasteiger partial charge in [-0.15, -0.1) is 0 Å². The van der Waals surface area contributed by atoms with Crippen molar-refractivity contribution in [2.24, 2.45) is 5.92 Å². The minimum Gasteiger partial charge on any atom is -0.310 e. The molecule has 1 atom stereocenters. The van der Waals surface area contributed by atoms with Crippen molar-refractivity contribution in [1.29, 1.82) is 0 Å². The molecule has 19 heavy (non-hydrogen) atoms. The minimum atomic E-state index is 0.626. The highest BCUT2D eigenvalue weighted by atomic mass is 15.0. The standard InChI is InChI=1S/C16H21N3/c1-13(10-14-2-3-14)18-11-15-4-6-16(7-5-15)19-9-8-17-12-19/h4-9,12-14,18H,2-3,10-11H2,1H3. The van der Waals surface area contributed by atoms with Crippen molar-refractivity contribution in [2.45, 2.75) is 38.8 Å². The van der Waals surface area contributed by atoms with E-state index in [1.165, 1.54) is 24.8 Å².